The third-order valence-electron chi connectivity index (χ3n) is 2.88. The maximum absolute atomic E-state index is 13.5. The van der Waals surface area contributed by atoms with Crippen molar-refractivity contribution in [2.45, 2.75) is 18.9 Å². The molecule has 0 aliphatic heterocycles. The van der Waals surface area contributed by atoms with Gasteiger partial charge in [-0.05, 0) is 29.7 Å². The standard InChI is InChI=1S/C15H13BrF2O/c16-14-4-2-1-3-10(14)7-13(19)8-11-5-6-12(17)9-15(11)18/h1-6,9,13,19H,7-8H2. The molecule has 0 fully saturated rings. The van der Waals surface area contributed by atoms with Crippen LogP contribution < -0.4 is 0 Å². The summed E-state index contributed by atoms with van der Waals surface area (Å²) >= 11 is 3.40. The van der Waals surface area contributed by atoms with Gasteiger partial charge in [-0.25, -0.2) is 8.78 Å². The molecule has 2 aromatic carbocycles. The molecule has 1 atom stereocenters. The Morgan fingerprint density at radius 3 is 2.37 bits per heavy atom. The smallest absolute Gasteiger partial charge is 0.129 e. The number of halogens is 3. The van der Waals surface area contributed by atoms with Gasteiger partial charge in [0.05, 0.1) is 6.10 Å². The summed E-state index contributed by atoms with van der Waals surface area (Å²) in [5.74, 6) is -1.23. The normalized spacial score (nSPS) is 12.4. The molecule has 0 aromatic heterocycles. The van der Waals surface area contributed by atoms with Crippen LogP contribution in [0, 0.1) is 11.6 Å². The number of aliphatic hydroxyl groups excluding tert-OH is 1. The van der Waals surface area contributed by atoms with Crippen LogP contribution in [-0.4, -0.2) is 11.2 Å². The highest BCUT2D eigenvalue weighted by Gasteiger charge is 2.12. The van der Waals surface area contributed by atoms with E-state index in [1.54, 1.807) is 0 Å². The highest BCUT2D eigenvalue weighted by atomic mass is 79.9. The van der Waals surface area contributed by atoms with Gasteiger partial charge in [-0.1, -0.05) is 40.2 Å². The minimum Gasteiger partial charge on any atom is -0.392 e. The molecule has 0 spiro atoms. The van der Waals surface area contributed by atoms with E-state index in [2.05, 4.69) is 15.9 Å². The van der Waals surface area contributed by atoms with Crippen molar-refractivity contribution in [1.82, 2.24) is 0 Å². The predicted molar refractivity (Wildman–Crippen MR) is 73.9 cm³/mol. The highest BCUT2D eigenvalue weighted by molar-refractivity contribution is 9.10. The Kier molecular flexibility index (Phi) is 4.66. The van der Waals surface area contributed by atoms with Gasteiger partial charge in [0.1, 0.15) is 11.6 Å². The average Bonchev–Trinajstić information content (AvgIpc) is 2.36. The Bertz CT molecular complexity index is 572. The summed E-state index contributed by atoms with van der Waals surface area (Å²) in [6, 6.07) is 11.0. The molecular weight excluding hydrogens is 314 g/mol. The lowest BCUT2D eigenvalue weighted by molar-refractivity contribution is 0.174. The maximum Gasteiger partial charge on any atom is 0.129 e. The Hall–Kier alpha value is -1.26. The Labute approximate surface area is 119 Å². The third-order valence-corrected chi connectivity index (χ3v) is 3.66. The van der Waals surface area contributed by atoms with E-state index in [4.69, 9.17) is 0 Å². The van der Waals surface area contributed by atoms with Crippen molar-refractivity contribution in [2.24, 2.45) is 0 Å². The number of hydrogen-bond donors (Lipinski definition) is 1. The lowest BCUT2D eigenvalue weighted by Crippen LogP contribution is -2.15. The molecule has 1 N–H and O–H groups in total. The minimum absolute atomic E-state index is 0.160. The summed E-state index contributed by atoms with van der Waals surface area (Å²) in [6.07, 6.45) is -0.134. The van der Waals surface area contributed by atoms with E-state index in [1.807, 2.05) is 24.3 Å². The second-order valence-electron chi connectivity index (χ2n) is 4.39. The molecule has 1 nitrogen and oxygen atoms in total. The molecule has 1 unspecified atom stereocenters. The Balaban J connectivity index is 2.05. The fraction of sp³-hybridized carbons (Fsp3) is 0.200. The average molecular weight is 327 g/mol. The molecule has 0 amide bonds. The van der Waals surface area contributed by atoms with Crippen molar-refractivity contribution in [3.8, 4) is 0 Å². The molecule has 4 heteroatoms. The topological polar surface area (TPSA) is 20.2 Å². The summed E-state index contributed by atoms with van der Waals surface area (Å²) in [6.45, 7) is 0. The summed E-state index contributed by atoms with van der Waals surface area (Å²) in [4.78, 5) is 0. The van der Waals surface area contributed by atoms with Crippen molar-refractivity contribution in [2.75, 3.05) is 0 Å². The summed E-state index contributed by atoms with van der Waals surface area (Å²) in [7, 11) is 0. The van der Waals surface area contributed by atoms with Crippen molar-refractivity contribution in [1.29, 1.82) is 0 Å². The van der Waals surface area contributed by atoms with Crippen molar-refractivity contribution < 1.29 is 13.9 Å². The van der Waals surface area contributed by atoms with Crippen LogP contribution in [0.2, 0.25) is 0 Å². The van der Waals surface area contributed by atoms with Crippen molar-refractivity contribution in [3.63, 3.8) is 0 Å². The van der Waals surface area contributed by atoms with Crippen LogP contribution in [-0.2, 0) is 12.8 Å². The third kappa shape index (κ3) is 3.85. The van der Waals surface area contributed by atoms with Crippen molar-refractivity contribution in [3.05, 3.63) is 69.7 Å². The molecule has 0 aliphatic carbocycles. The maximum atomic E-state index is 13.5. The number of benzene rings is 2. The number of aliphatic hydroxyl groups is 1. The molecule has 0 bridgehead atoms. The van der Waals surface area contributed by atoms with Gasteiger partial charge in [0, 0.05) is 17.0 Å². The first-order valence-electron chi connectivity index (χ1n) is 5.91. The molecule has 19 heavy (non-hydrogen) atoms. The van der Waals surface area contributed by atoms with E-state index >= 15 is 0 Å². The second-order valence-corrected chi connectivity index (χ2v) is 5.24. The molecule has 0 saturated carbocycles. The zero-order chi connectivity index (χ0) is 13.8. The van der Waals surface area contributed by atoms with Crippen LogP contribution in [0.5, 0.6) is 0 Å². The van der Waals surface area contributed by atoms with Crippen LogP contribution in [0.3, 0.4) is 0 Å². The zero-order valence-electron chi connectivity index (χ0n) is 10.1. The van der Waals surface area contributed by atoms with Gasteiger partial charge in [0.25, 0.3) is 0 Å². The monoisotopic (exact) mass is 326 g/mol. The quantitative estimate of drug-likeness (QED) is 0.904. The molecule has 0 radical (unpaired) electrons. The first-order chi connectivity index (χ1) is 9.06. The van der Waals surface area contributed by atoms with E-state index in [9.17, 15) is 13.9 Å². The Morgan fingerprint density at radius 1 is 1.00 bits per heavy atom. The van der Waals surface area contributed by atoms with Gasteiger partial charge in [0.15, 0.2) is 0 Å². The highest BCUT2D eigenvalue weighted by Crippen LogP contribution is 2.19. The lowest BCUT2D eigenvalue weighted by Gasteiger charge is -2.12. The summed E-state index contributed by atoms with van der Waals surface area (Å²) in [5.41, 5.74) is 1.28. The lowest BCUT2D eigenvalue weighted by atomic mass is 10.0. The second kappa shape index (κ2) is 6.26. The predicted octanol–water partition coefficient (Wildman–Crippen LogP) is 3.87. The van der Waals surface area contributed by atoms with E-state index < -0.39 is 17.7 Å². The SMILES string of the molecule is OC(Cc1ccc(F)cc1F)Cc1ccccc1Br. The largest absolute Gasteiger partial charge is 0.392 e. The van der Waals surface area contributed by atoms with Gasteiger partial charge >= 0.3 is 0 Å². The van der Waals surface area contributed by atoms with Gasteiger partial charge in [0.2, 0.25) is 0 Å². The van der Waals surface area contributed by atoms with Crippen molar-refractivity contribution >= 4 is 15.9 Å². The fourth-order valence-corrected chi connectivity index (χ4v) is 2.38. The van der Waals surface area contributed by atoms with Crippen LogP contribution in [0.25, 0.3) is 0 Å². The van der Waals surface area contributed by atoms with Gasteiger partial charge in [-0.3, -0.25) is 0 Å². The molecule has 0 saturated heterocycles. The van der Waals surface area contributed by atoms with E-state index in [-0.39, 0.29) is 6.42 Å². The first-order valence-corrected chi connectivity index (χ1v) is 6.71. The van der Waals surface area contributed by atoms with Gasteiger partial charge in [-0.15, -0.1) is 0 Å². The number of hydrogen-bond acceptors (Lipinski definition) is 1. The first kappa shape index (κ1) is 14.2. The van der Waals surface area contributed by atoms with E-state index in [0.29, 0.717) is 12.0 Å². The zero-order valence-corrected chi connectivity index (χ0v) is 11.7. The molecule has 0 heterocycles. The molecule has 2 aromatic rings. The molecule has 0 aliphatic rings. The number of rotatable bonds is 4. The van der Waals surface area contributed by atoms with Gasteiger partial charge in [-0.2, -0.15) is 0 Å². The van der Waals surface area contributed by atoms with Crippen LogP contribution in [0.1, 0.15) is 11.1 Å². The molecule has 2 rings (SSSR count). The van der Waals surface area contributed by atoms with Gasteiger partial charge < -0.3 is 5.11 Å². The Morgan fingerprint density at radius 2 is 1.68 bits per heavy atom. The summed E-state index contributed by atoms with van der Waals surface area (Å²) in [5, 5.41) is 9.99. The van der Waals surface area contributed by atoms with Crippen LogP contribution >= 0.6 is 15.9 Å². The van der Waals surface area contributed by atoms with Crippen LogP contribution in [0.15, 0.2) is 46.9 Å². The molecule has 100 valence electrons. The van der Waals surface area contributed by atoms with Crippen LogP contribution in [0.4, 0.5) is 8.78 Å². The minimum atomic E-state index is -0.710. The van der Waals surface area contributed by atoms with E-state index in [1.165, 1.54) is 12.1 Å². The fourth-order valence-electron chi connectivity index (χ4n) is 1.93. The van der Waals surface area contributed by atoms with E-state index in [0.717, 1.165) is 16.1 Å². The molecular formula is C15H13BrF2O. The summed E-state index contributed by atoms with van der Waals surface area (Å²) < 4.78 is 27.2.